The molecule has 1 aromatic heterocycles. The molecule has 0 bridgehead atoms. The van der Waals surface area contributed by atoms with Crippen LogP contribution >= 0.6 is 0 Å². The summed E-state index contributed by atoms with van der Waals surface area (Å²) in [6.45, 7) is 2.80. The Balaban J connectivity index is 2.18. The van der Waals surface area contributed by atoms with Gasteiger partial charge < -0.3 is 10.7 Å². The van der Waals surface area contributed by atoms with Crippen molar-refractivity contribution >= 4 is 0 Å². The normalized spacial score (nSPS) is 10.6. The molecule has 2 aromatic rings. The minimum absolute atomic E-state index is 0.709. The minimum atomic E-state index is 0.709. The number of nitrogens with two attached hydrogens (primary N) is 1. The van der Waals surface area contributed by atoms with Crippen LogP contribution in [0.3, 0.4) is 0 Å². The Kier molecular flexibility index (Phi) is 3.37. The lowest BCUT2D eigenvalue weighted by Gasteiger charge is -1.99. The number of rotatable bonds is 4. The van der Waals surface area contributed by atoms with Crippen LogP contribution in [-0.4, -0.2) is 16.5 Å². The van der Waals surface area contributed by atoms with Crippen LogP contribution in [0.15, 0.2) is 30.5 Å². The number of nitrogens with zero attached hydrogens (tertiary/aromatic N) is 1. The monoisotopic (exact) mass is 215 g/mol. The van der Waals surface area contributed by atoms with Crippen LogP contribution in [0.4, 0.5) is 0 Å². The Labute approximate surface area is 95.7 Å². The van der Waals surface area contributed by atoms with Crippen molar-refractivity contribution in [3.63, 3.8) is 0 Å². The van der Waals surface area contributed by atoms with Crippen LogP contribution in [0, 0.1) is 6.92 Å². The Bertz CT molecular complexity index is 460. The van der Waals surface area contributed by atoms with Gasteiger partial charge in [-0.2, -0.15) is 0 Å². The second-order valence-electron chi connectivity index (χ2n) is 4.01. The molecule has 1 aromatic carbocycles. The predicted molar refractivity (Wildman–Crippen MR) is 66.1 cm³/mol. The smallest absolute Gasteiger partial charge is 0.106 e. The molecule has 1 heterocycles. The van der Waals surface area contributed by atoms with Gasteiger partial charge in [-0.05, 0) is 31.5 Å². The van der Waals surface area contributed by atoms with Crippen molar-refractivity contribution in [2.45, 2.75) is 19.8 Å². The SMILES string of the molecule is Cc1cccc(-c2cnc(CCCN)[nH]2)c1. The largest absolute Gasteiger partial charge is 0.342 e. The summed E-state index contributed by atoms with van der Waals surface area (Å²) in [6, 6.07) is 8.40. The van der Waals surface area contributed by atoms with Crippen LogP contribution in [-0.2, 0) is 6.42 Å². The lowest BCUT2D eigenvalue weighted by molar-refractivity contribution is 0.794. The minimum Gasteiger partial charge on any atom is -0.342 e. The third-order valence-electron chi connectivity index (χ3n) is 2.58. The lowest BCUT2D eigenvalue weighted by atomic mass is 10.1. The summed E-state index contributed by atoms with van der Waals surface area (Å²) >= 11 is 0. The van der Waals surface area contributed by atoms with Crippen molar-refractivity contribution < 1.29 is 0 Å². The van der Waals surface area contributed by atoms with E-state index in [2.05, 4.69) is 41.2 Å². The summed E-state index contributed by atoms with van der Waals surface area (Å²) < 4.78 is 0. The van der Waals surface area contributed by atoms with Crippen molar-refractivity contribution in [3.8, 4) is 11.3 Å². The molecule has 84 valence electrons. The van der Waals surface area contributed by atoms with Gasteiger partial charge in [-0.1, -0.05) is 23.8 Å². The summed E-state index contributed by atoms with van der Waals surface area (Å²) in [5.74, 6) is 1.02. The van der Waals surface area contributed by atoms with Crippen molar-refractivity contribution in [3.05, 3.63) is 41.9 Å². The molecule has 3 N–H and O–H groups in total. The molecule has 3 nitrogen and oxygen atoms in total. The third kappa shape index (κ3) is 2.49. The van der Waals surface area contributed by atoms with E-state index < -0.39 is 0 Å². The zero-order valence-corrected chi connectivity index (χ0v) is 9.53. The van der Waals surface area contributed by atoms with Crippen LogP contribution in [0.1, 0.15) is 17.8 Å². The highest BCUT2D eigenvalue weighted by atomic mass is 14.9. The van der Waals surface area contributed by atoms with E-state index in [4.69, 9.17) is 5.73 Å². The first kappa shape index (κ1) is 10.9. The molecule has 0 radical (unpaired) electrons. The van der Waals surface area contributed by atoms with E-state index in [9.17, 15) is 0 Å². The number of hydrogen-bond donors (Lipinski definition) is 2. The Morgan fingerprint density at radius 1 is 1.38 bits per heavy atom. The molecule has 0 amide bonds. The van der Waals surface area contributed by atoms with Gasteiger partial charge in [0.2, 0.25) is 0 Å². The highest BCUT2D eigenvalue weighted by Gasteiger charge is 2.02. The van der Waals surface area contributed by atoms with Crippen LogP contribution in [0.5, 0.6) is 0 Å². The molecule has 0 aliphatic heterocycles. The fourth-order valence-corrected chi connectivity index (χ4v) is 1.72. The molecule has 3 heteroatoms. The lowest BCUT2D eigenvalue weighted by Crippen LogP contribution is -2.01. The molecule has 16 heavy (non-hydrogen) atoms. The average Bonchev–Trinajstić information content (AvgIpc) is 2.75. The number of aromatic amines is 1. The van der Waals surface area contributed by atoms with Gasteiger partial charge in [0.25, 0.3) is 0 Å². The number of benzene rings is 1. The first-order valence-corrected chi connectivity index (χ1v) is 5.60. The maximum Gasteiger partial charge on any atom is 0.106 e. The number of H-pyrrole nitrogens is 1. The fraction of sp³-hybridized carbons (Fsp3) is 0.308. The van der Waals surface area contributed by atoms with Crippen molar-refractivity contribution in [1.29, 1.82) is 0 Å². The molecule has 0 saturated heterocycles. The van der Waals surface area contributed by atoms with Crippen LogP contribution in [0.25, 0.3) is 11.3 Å². The number of imidazole rings is 1. The predicted octanol–water partition coefficient (Wildman–Crippen LogP) is 2.28. The molecule has 0 atom stereocenters. The summed E-state index contributed by atoms with van der Waals surface area (Å²) in [5.41, 5.74) is 9.00. The van der Waals surface area contributed by atoms with Crippen molar-refractivity contribution in [2.24, 2.45) is 5.73 Å². The zero-order chi connectivity index (χ0) is 11.4. The number of nitrogens with one attached hydrogen (secondary N) is 1. The maximum atomic E-state index is 5.47. The first-order chi connectivity index (χ1) is 7.79. The Morgan fingerprint density at radius 3 is 3.00 bits per heavy atom. The maximum absolute atomic E-state index is 5.47. The summed E-state index contributed by atoms with van der Waals surface area (Å²) in [5, 5.41) is 0. The van der Waals surface area contributed by atoms with Gasteiger partial charge in [0.1, 0.15) is 5.82 Å². The second kappa shape index (κ2) is 4.94. The molecule has 0 fully saturated rings. The van der Waals surface area contributed by atoms with E-state index in [1.54, 1.807) is 0 Å². The topological polar surface area (TPSA) is 54.7 Å². The van der Waals surface area contributed by atoms with E-state index in [1.807, 2.05) is 6.20 Å². The van der Waals surface area contributed by atoms with Crippen LogP contribution < -0.4 is 5.73 Å². The average molecular weight is 215 g/mol. The number of aryl methyl sites for hydroxylation is 2. The van der Waals surface area contributed by atoms with Crippen molar-refractivity contribution in [1.82, 2.24) is 9.97 Å². The van der Waals surface area contributed by atoms with Gasteiger partial charge in [0.05, 0.1) is 11.9 Å². The summed E-state index contributed by atoms with van der Waals surface area (Å²) in [7, 11) is 0. The molecular weight excluding hydrogens is 198 g/mol. The molecule has 0 aliphatic carbocycles. The first-order valence-electron chi connectivity index (χ1n) is 5.60. The van der Waals surface area contributed by atoms with Gasteiger partial charge in [0, 0.05) is 6.42 Å². The number of aromatic nitrogens is 2. The highest BCUT2D eigenvalue weighted by molar-refractivity contribution is 5.59. The van der Waals surface area contributed by atoms with Gasteiger partial charge in [0.15, 0.2) is 0 Å². The van der Waals surface area contributed by atoms with Gasteiger partial charge in [-0.3, -0.25) is 0 Å². The third-order valence-corrected chi connectivity index (χ3v) is 2.58. The quantitative estimate of drug-likeness (QED) is 0.822. The van der Waals surface area contributed by atoms with E-state index in [1.165, 1.54) is 11.1 Å². The Morgan fingerprint density at radius 2 is 2.25 bits per heavy atom. The fourth-order valence-electron chi connectivity index (χ4n) is 1.72. The van der Waals surface area contributed by atoms with E-state index in [0.29, 0.717) is 6.54 Å². The molecule has 0 unspecified atom stereocenters. The molecule has 0 saturated carbocycles. The molecular formula is C13H17N3. The summed E-state index contributed by atoms with van der Waals surface area (Å²) in [6.07, 6.45) is 3.78. The van der Waals surface area contributed by atoms with Crippen LogP contribution in [0.2, 0.25) is 0 Å². The second-order valence-corrected chi connectivity index (χ2v) is 4.01. The van der Waals surface area contributed by atoms with E-state index in [0.717, 1.165) is 24.4 Å². The standard InChI is InChI=1S/C13H17N3/c1-10-4-2-5-11(8-10)12-9-15-13(16-12)6-3-7-14/h2,4-5,8-9H,3,6-7,14H2,1H3,(H,15,16). The number of hydrogen-bond acceptors (Lipinski definition) is 2. The zero-order valence-electron chi connectivity index (χ0n) is 9.53. The molecule has 0 spiro atoms. The van der Waals surface area contributed by atoms with Gasteiger partial charge in [-0.25, -0.2) is 4.98 Å². The van der Waals surface area contributed by atoms with E-state index in [-0.39, 0.29) is 0 Å². The van der Waals surface area contributed by atoms with Gasteiger partial charge in [-0.15, -0.1) is 0 Å². The summed E-state index contributed by atoms with van der Waals surface area (Å²) in [4.78, 5) is 7.67. The Hall–Kier alpha value is -1.61. The van der Waals surface area contributed by atoms with Crippen molar-refractivity contribution in [2.75, 3.05) is 6.54 Å². The van der Waals surface area contributed by atoms with E-state index >= 15 is 0 Å². The highest BCUT2D eigenvalue weighted by Crippen LogP contribution is 2.18. The molecule has 0 aliphatic rings. The van der Waals surface area contributed by atoms with Gasteiger partial charge >= 0.3 is 0 Å². The molecule has 2 rings (SSSR count).